The van der Waals surface area contributed by atoms with E-state index >= 15 is 0 Å². The van der Waals surface area contributed by atoms with Crippen LogP contribution in [-0.2, 0) is 4.74 Å². The zero-order valence-corrected chi connectivity index (χ0v) is 9.80. The van der Waals surface area contributed by atoms with Gasteiger partial charge in [-0.15, -0.1) is 13.2 Å². The number of pyridine rings is 1. The molecule has 1 aromatic rings. The predicted octanol–water partition coefficient (Wildman–Crippen LogP) is 3.23. The van der Waals surface area contributed by atoms with E-state index in [4.69, 9.17) is 0 Å². The third kappa shape index (κ3) is 4.00. The molecule has 1 heterocycles. The Hall–Kier alpha value is -2.00. The van der Waals surface area contributed by atoms with E-state index in [1.165, 1.54) is 6.92 Å². The fourth-order valence-corrected chi connectivity index (χ4v) is 1.28. The normalized spacial score (nSPS) is 11.6. The summed E-state index contributed by atoms with van der Waals surface area (Å²) in [5.41, 5.74) is -2.75. The summed E-state index contributed by atoms with van der Waals surface area (Å²) in [7, 11) is 0. The van der Waals surface area contributed by atoms with Gasteiger partial charge in [0.2, 0.25) is 5.95 Å². The lowest BCUT2D eigenvalue weighted by Crippen LogP contribution is -2.21. The Labute approximate surface area is 108 Å². The maximum atomic E-state index is 13.0. The van der Waals surface area contributed by atoms with Crippen molar-refractivity contribution in [2.45, 2.75) is 19.7 Å². The minimum absolute atomic E-state index is 0.0116. The van der Waals surface area contributed by atoms with E-state index < -0.39 is 41.7 Å². The SMILES string of the molecule is CCOC(=O)c1nc(F)cc(OC(F)(F)F)c1C(F)F. The molecule has 0 saturated heterocycles. The van der Waals surface area contributed by atoms with Crippen molar-refractivity contribution in [1.82, 2.24) is 4.98 Å². The predicted molar refractivity (Wildman–Crippen MR) is 51.8 cm³/mol. The molecule has 1 aromatic heterocycles. The number of esters is 1. The second-order valence-electron chi connectivity index (χ2n) is 3.27. The number of carbonyl (C=O) groups is 1. The minimum Gasteiger partial charge on any atom is -0.461 e. The Morgan fingerprint density at radius 1 is 1.40 bits per heavy atom. The number of hydrogen-bond acceptors (Lipinski definition) is 4. The summed E-state index contributed by atoms with van der Waals surface area (Å²) in [5, 5.41) is 0. The van der Waals surface area contributed by atoms with E-state index in [0.29, 0.717) is 0 Å². The van der Waals surface area contributed by atoms with Crippen LogP contribution in [0, 0.1) is 5.95 Å². The number of hydrogen-bond donors (Lipinski definition) is 0. The van der Waals surface area contributed by atoms with Crippen LogP contribution in [0.4, 0.5) is 26.3 Å². The van der Waals surface area contributed by atoms with Gasteiger partial charge in [-0.1, -0.05) is 0 Å². The Bertz CT molecular complexity index is 503. The molecule has 0 bridgehead atoms. The molecule has 0 N–H and O–H groups in total. The molecule has 0 spiro atoms. The van der Waals surface area contributed by atoms with Crippen LogP contribution in [0.5, 0.6) is 5.75 Å². The molecule has 10 heteroatoms. The summed E-state index contributed by atoms with van der Waals surface area (Å²) in [5.74, 6) is -4.60. The van der Waals surface area contributed by atoms with E-state index in [1.54, 1.807) is 0 Å². The van der Waals surface area contributed by atoms with E-state index in [0.717, 1.165) is 0 Å². The van der Waals surface area contributed by atoms with Crippen molar-refractivity contribution in [1.29, 1.82) is 0 Å². The summed E-state index contributed by atoms with van der Waals surface area (Å²) in [6.45, 7) is 1.07. The summed E-state index contributed by atoms with van der Waals surface area (Å²) in [6, 6.07) is 0.0116. The lowest BCUT2D eigenvalue weighted by molar-refractivity contribution is -0.275. The van der Waals surface area contributed by atoms with Crippen LogP contribution in [0.15, 0.2) is 6.07 Å². The molecule has 0 aliphatic rings. The average Bonchev–Trinajstić information content (AvgIpc) is 2.25. The van der Waals surface area contributed by atoms with Crippen LogP contribution in [0.3, 0.4) is 0 Å². The number of halogens is 6. The van der Waals surface area contributed by atoms with Crippen molar-refractivity contribution in [3.05, 3.63) is 23.3 Å². The van der Waals surface area contributed by atoms with Gasteiger partial charge in [-0.05, 0) is 6.92 Å². The topological polar surface area (TPSA) is 48.4 Å². The van der Waals surface area contributed by atoms with Gasteiger partial charge in [0.25, 0.3) is 6.43 Å². The van der Waals surface area contributed by atoms with Gasteiger partial charge < -0.3 is 9.47 Å². The number of alkyl halides is 5. The van der Waals surface area contributed by atoms with Gasteiger partial charge in [0, 0.05) is 6.07 Å². The number of aromatic nitrogens is 1. The number of rotatable bonds is 4. The van der Waals surface area contributed by atoms with E-state index in [1.807, 2.05) is 0 Å². The standard InChI is InChI=1S/C10H7F6NO3/c1-2-19-9(18)7-6(8(12)13)4(3-5(11)17-7)20-10(14,15)16/h3,8H,2H2,1H3. The van der Waals surface area contributed by atoms with Crippen molar-refractivity contribution < 1.29 is 40.6 Å². The Morgan fingerprint density at radius 2 is 2.00 bits per heavy atom. The molecule has 0 radical (unpaired) electrons. The largest absolute Gasteiger partial charge is 0.573 e. The zero-order chi connectivity index (χ0) is 15.5. The molecular weight excluding hydrogens is 296 g/mol. The van der Waals surface area contributed by atoms with Crippen molar-refractivity contribution in [2.24, 2.45) is 0 Å². The second-order valence-corrected chi connectivity index (χ2v) is 3.27. The molecule has 1 rings (SSSR count). The summed E-state index contributed by atoms with van der Waals surface area (Å²) in [4.78, 5) is 14.2. The quantitative estimate of drug-likeness (QED) is 0.487. The van der Waals surface area contributed by atoms with Crippen LogP contribution < -0.4 is 4.74 Å². The number of ether oxygens (including phenoxy) is 2. The van der Waals surface area contributed by atoms with Crippen LogP contribution in [0.25, 0.3) is 0 Å². The zero-order valence-electron chi connectivity index (χ0n) is 9.80. The molecule has 0 saturated carbocycles. The first-order valence-electron chi connectivity index (χ1n) is 5.07. The van der Waals surface area contributed by atoms with Gasteiger partial charge in [0.15, 0.2) is 5.69 Å². The average molecular weight is 303 g/mol. The summed E-state index contributed by atoms with van der Waals surface area (Å²) >= 11 is 0. The van der Waals surface area contributed by atoms with Crippen LogP contribution >= 0.6 is 0 Å². The molecular formula is C10H7F6NO3. The van der Waals surface area contributed by atoms with Crippen molar-refractivity contribution in [2.75, 3.05) is 6.61 Å². The molecule has 112 valence electrons. The fourth-order valence-electron chi connectivity index (χ4n) is 1.28. The van der Waals surface area contributed by atoms with Crippen molar-refractivity contribution in [3.63, 3.8) is 0 Å². The third-order valence-electron chi connectivity index (χ3n) is 1.90. The van der Waals surface area contributed by atoms with Gasteiger partial charge in [0.05, 0.1) is 12.2 Å². The second kappa shape index (κ2) is 5.97. The minimum atomic E-state index is -5.33. The molecule has 0 aromatic carbocycles. The highest BCUT2D eigenvalue weighted by Gasteiger charge is 2.36. The van der Waals surface area contributed by atoms with Gasteiger partial charge in [0.1, 0.15) is 5.75 Å². The number of nitrogens with zero attached hydrogens (tertiary/aromatic N) is 1. The molecule has 4 nitrogen and oxygen atoms in total. The maximum Gasteiger partial charge on any atom is 0.573 e. The lowest BCUT2D eigenvalue weighted by Gasteiger charge is -2.15. The third-order valence-corrected chi connectivity index (χ3v) is 1.90. The smallest absolute Gasteiger partial charge is 0.461 e. The maximum absolute atomic E-state index is 13.0. The number of carbonyl (C=O) groups excluding carboxylic acids is 1. The van der Waals surface area contributed by atoms with Crippen LogP contribution in [-0.4, -0.2) is 23.9 Å². The first-order chi connectivity index (χ1) is 9.15. The van der Waals surface area contributed by atoms with E-state index in [2.05, 4.69) is 14.5 Å². The molecule has 0 aliphatic carbocycles. The van der Waals surface area contributed by atoms with Gasteiger partial charge >= 0.3 is 12.3 Å². The molecule has 0 fully saturated rings. The van der Waals surface area contributed by atoms with Gasteiger partial charge in [-0.25, -0.2) is 18.6 Å². The Morgan fingerprint density at radius 3 is 2.45 bits per heavy atom. The van der Waals surface area contributed by atoms with E-state index in [9.17, 15) is 31.1 Å². The highest BCUT2D eigenvalue weighted by atomic mass is 19.4. The molecule has 0 amide bonds. The highest BCUT2D eigenvalue weighted by Crippen LogP contribution is 2.35. The van der Waals surface area contributed by atoms with Crippen molar-refractivity contribution in [3.8, 4) is 5.75 Å². The molecule has 0 aliphatic heterocycles. The highest BCUT2D eigenvalue weighted by molar-refractivity contribution is 5.89. The Kier molecular flexibility index (Phi) is 4.79. The van der Waals surface area contributed by atoms with Crippen LogP contribution in [0.2, 0.25) is 0 Å². The first-order valence-corrected chi connectivity index (χ1v) is 5.07. The van der Waals surface area contributed by atoms with Gasteiger partial charge in [-0.3, -0.25) is 0 Å². The van der Waals surface area contributed by atoms with Gasteiger partial charge in [-0.2, -0.15) is 4.39 Å². The Balaban J connectivity index is 3.40. The van der Waals surface area contributed by atoms with Crippen LogP contribution in [0.1, 0.15) is 29.4 Å². The van der Waals surface area contributed by atoms with E-state index in [-0.39, 0.29) is 12.7 Å². The lowest BCUT2D eigenvalue weighted by atomic mass is 10.1. The first kappa shape index (κ1) is 16.1. The fraction of sp³-hybridized carbons (Fsp3) is 0.400. The summed E-state index contributed by atoms with van der Waals surface area (Å²) in [6.07, 6.45) is -8.87. The molecule has 20 heavy (non-hydrogen) atoms. The monoisotopic (exact) mass is 303 g/mol. The summed E-state index contributed by atoms with van der Waals surface area (Å²) < 4.78 is 82.4. The van der Waals surface area contributed by atoms with Crippen molar-refractivity contribution >= 4 is 5.97 Å². The molecule has 0 unspecified atom stereocenters. The molecule has 0 atom stereocenters.